The van der Waals surface area contributed by atoms with Crippen LogP contribution in [0.4, 0.5) is 0 Å². The van der Waals surface area contributed by atoms with Crippen LogP contribution in [0.2, 0.25) is 15.1 Å². The third-order valence-electron chi connectivity index (χ3n) is 6.16. The average Bonchev–Trinajstić information content (AvgIpc) is 3.46. The van der Waals surface area contributed by atoms with Gasteiger partial charge in [-0.05, 0) is 35.9 Å². The van der Waals surface area contributed by atoms with E-state index in [1.165, 1.54) is 13.4 Å². The molecule has 0 spiro atoms. The van der Waals surface area contributed by atoms with Crippen LogP contribution in [-0.4, -0.2) is 18.9 Å². The van der Waals surface area contributed by atoms with Crippen molar-refractivity contribution in [2.45, 2.75) is 18.8 Å². The van der Waals surface area contributed by atoms with Crippen molar-refractivity contribution in [1.29, 1.82) is 0 Å². The van der Waals surface area contributed by atoms with Gasteiger partial charge >= 0.3 is 5.97 Å². The second kappa shape index (κ2) is 10.1. The van der Waals surface area contributed by atoms with E-state index >= 15 is 0 Å². The van der Waals surface area contributed by atoms with E-state index in [0.29, 0.717) is 48.8 Å². The summed E-state index contributed by atoms with van der Waals surface area (Å²) in [5.74, 6) is -2.16. The van der Waals surface area contributed by atoms with Crippen molar-refractivity contribution in [2.24, 2.45) is 5.92 Å². The molecule has 9 heteroatoms. The van der Waals surface area contributed by atoms with E-state index in [0.717, 1.165) is 0 Å². The molecule has 3 atom stereocenters. The predicted octanol–water partition coefficient (Wildman–Crippen LogP) is 6.88. The van der Waals surface area contributed by atoms with Crippen molar-refractivity contribution in [3.8, 4) is 5.75 Å². The normalized spacial score (nSPS) is 20.3. The van der Waals surface area contributed by atoms with Crippen LogP contribution in [0, 0.1) is 5.92 Å². The van der Waals surface area contributed by atoms with Gasteiger partial charge in [-0.3, -0.25) is 9.59 Å². The predicted molar refractivity (Wildman–Crippen MR) is 134 cm³/mol. The highest BCUT2D eigenvalue weighted by molar-refractivity contribution is 6.36. The van der Waals surface area contributed by atoms with Gasteiger partial charge in [-0.15, -0.1) is 0 Å². The van der Waals surface area contributed by atoms with Crippen molar-refractivity contribution in [3.05, 3.63) is 110 Å². The molecule has 3 unspecified atom stereocenters. The Morgan fingerprint density at radius 2 is 1.67 bits per heavy atom. The number of ketones is 1. The summed E-state index contributed by atoms with van der Waals surface area (Å²) >= 11 is 18.7. The second-order valence-corrected chi connectivity index (χ2v) is 9.43. The number of Topliss-reactive ketones (excluding diaryl/α,β-unsaturated/α-hetero) is 1. The maximum Gasteiger partial charge on any atom is 0.317 e. The number of carbonyl (C=O) groups is 2. The third-order valence-corrected chi connectivity index (χ3v) is 7.21. The van der Waals surface area contributed by atoms with E-state index in [4.69, 9.17) is 53.8 Å². The van der Waals surface area contributed by atoms with Gasteiger partial charge in [-0.2, -0.15) is 0 Å². The SMILES string of the molecule is COC(=O)C1C(=O)c2cc(OCc3c(Cl)cccc3Cl)ccc2C1C1=COC(c2ccccc2Cl)O1. The Morgan fingerprint density at radius 3 is 2.39 bits per heavy atom. The van der Waals surface area contributed by atoms with Crippen molar-refractivity contribution in [1.82, 2.24) is 0 Å². The highest BCUT2D eigenvalue weighted by atomic mass is 35.5. The van der Waals surface area contributed by atoms with Crippen LogP contribution >= 0.6 is 34.8 Å². The molecule has 1 aliphatic heterocycles. The molecule has 184 valence electrons. The molecule has 0 fully saturated rings. The Bertz CT molecular complexity index is 1370. The van der Waals surface area contributed by atoms with E-state index in [9.17, 15) is 9.59 Å². The lowest BCUT2D eigenvalue weighted by atomic mass is 9.90. The molecule has 0 saturated carbocycles. The van der Waals surface area contributed by atoms with Crippen LogP contribution in [0.15, 0.2) is 72.7 Å². The van der Waals surface area contributed by atoms with Crippen molar-refractivity contribution < 1.29 is 28.5 Å². The quantitative estimate of drug-likeness (QED) is 0.248. The number of allylic oxidation sites excluding steroid dienone is 1. The maximum absolute atomic E-state index is 13.4. The highest BCUT2D eigenvalue weighted by Gasteiger charge is 2.49. The lowest BCUT2D eigenvalue weighted by Gasteiger charge is -2.20. The monoisotopic (exact) mass is 544 g/mol. The summed E-state index contributed by atoms with van der Waals surface area (Å²) in [5.41, 5.74) is 2.20. The summed E-state index contributed by atoms with van der Waals surface area (Å²) in [6.07, 6.45) is 0.620. The molecule has 0 N–H and O–H groups in total. The molecule has 0 aromatic heterocycles. The van der Waals surface area contributed by atoms with Crippen LogP contribution < -0.4 is 4.74 Å². The number of hydrogen-bond donors (Lipinski definition) is 0. The zero-order valence-corrected chi connectivity index (χ0v) is 21.1. The number of hydrogen-bond acceptors (Lipinski definition) is 6. The molecule has 1 aliphatic carbocycles. The molecule has 5 rings (SSSR count). The first-order valence-electron chi connectivity index (χ1n) is 11.0. The van der Waals surface area contributed by atoms with Gasteiger partial charge in [-0.25, -0.2) is 0 Å². The summed E-state index contributed by atoms with van der Waals surface area (Å²) in [6, 6.07) is 17.4. The van der Waals surface area contributed by atoms with Crippen LogP contribution in [0.25, 0.3) is 0 Å². The van der Waals surface area contributed by atoms with E-state index in [2.05, 4.69) is 0 Å². The van der Waals surface area contributed by atoms with Crippen LogP contribution in [0.5, 0.6) is 5.75 Å². The summed E-state index contributed by atoms with van der Waals surface area (Å²) in [4.78, 5) is 26.0. The second-order valence-electron chi connectivity index (χ2n) is 8.21. The standard InChI is InChI=1S/C27H19Cl3O6/c1-33-26(32)24-23(22-13-35-27(36-22)16-5-2-3-6-19(16)28)15-10-9-14(11-17(15)25(24)31)34-12-18-20(29)7-4-8-21(18)30/h2-11,13,23-24,27H,12H2,1H3. The lowest BCUT2D eigenvalue weighted by Crippen LogP contribution is -2.26. The maximum atomic E-state index is 13.4. The fourth-order valence-corrected chi connectivity index (χ4v) is 5.11. The third kappa shape index (κ3) is 4.41. The van der Waals surface area contributed by atoms with E-state index in [-0.39, 0.29) is 6.61 Å². The van der Waals surface area contributed by atoms with Crippen molar-refractivity contribution in [2.75, 3.05) is 7.11 Å². The van der Waals surface area contributed by atoms with Crippen LogP contribution in [-0.2, 0) is 25.6 Å². The number of rotatable bonds is 6. The van der Waals surface area contributed by atoms with Crippen molar-refractivity contribution in [3.63, 3.8) is 0 Å². The summed E-state index contributed by atoms with van der Waals surface area (Å²) in [7, 11) is 1.24. The minimum absolute atomic E-state index is 0.108. The Labute approximate surface area is 222 Å². The van der Waals surface area contributed by atoms with Crippen molar-refractivity contribution >= 4 is 46.6 Å². The topological polar surface area (TPSA) is 71.1 Å². The zero-order chi connectivity index (χ0) is 25.4. The zero-order valence-electron chi connectivity index (χ0n) is 18.9. The fourth-order valence-electron chi connectivity index (χ4n) is 4.38. The Balaban J connectivity index is 1.43. The molecular weight excluding hydrogens is 527 g/mol. The minimum Gasteiger partial charge on any atom is -0.489 e. The van der Waals surface area contributed by atoms with E-state index in [1.54, 1.807) is 54.6 Å². The number of ether oxygens (including phenoxy) is 4. The van der Waals surface area contributed by atoms with Gasteiger partial charge in [0, 0.05) is 21.2 Å². The van der Waals surface area contributed by atoms with Crippen LogP contribution in [0.3, 0.4) is 0 Å². The number of fused-ring (bicyclic) bond motifs is 1. The molecule has 1 heterocycles. The number of esters is 1. The van der Waals surface area contributed by atoms with Gasteiger partial charge in [0.15, 0.2) is 5.78 Å². The number of halogens is 3. The number of methoxy groups -OCH3 is 1. The largest absolute Gasteiger partial charge is 0.489 e. The first-order valence-corrected chi connectivity index (χ1v) is 12.1. The van der Waals surface area contributed by atoms with Crippen LogP contribution in [0.1, 0.15) is 39.3 Å². The molecule has 0 bridgehead atoms. The lowest BCUT2D eigenvalue weighted by molar-refractivity contribution is -0.144. The molecule has 0 radical (unpaired) electrons. The number of benzene rings is 3. The molecule has 0 saturated heterocycles. The first kappa shape index (κ1) is 24.5. The van der Waals surface area contributed by atoms with E-state index in [1.807, 2.05) is 6.07 Å². The molecule has 3 aromatic rings. The smallest absolute Gasteiger partial charge is 0.317 e. The van der Waals surface area contributed by atoms with Gasteiger partial charge in [0.2, 0.25) is 0 Å². The summed E-state index contributed by atoms with van der Waals surface area (Å²) < 4.78 is 22.6. The van der Waals surface area contributed by atoms with Gasteiger partial charge in [0.05, 0.1) is 23.6 Å². The molecule has 6 nitrogen and oxygen atoms in total. The number of carbonyl (C=O) groups excluding carboxylic acids is 2. The van der Waals surface area contributed by atoms with Gasteiger partial charge in [-0.1, -0.05) is 65.1 Å². The van der Waals surface area contributed by atoms with Gasteiger partial charge < -0.3 is 18.9 Å². The van der Waals surface area contributed by atoms with Gasteiger partial charge in [0.25, 0.3) is 6.29 Å². The Hall–Kier alpha value is -3.19. The molecule has 0 amide bonds. The highest BCUT2D eigenvalue weighted by Crippen LogP contribution is 2.48. The van der Waals surface area contributed by atoms with E-state index < -0.39 is 29.9 Å². The Kier molecular flexibility index (Phi) is 6.84. The molecule has 36 heavy (non-hydrogen) atoms. The minimum atomic E-state index is -1.13. The summed E-state index contributed by atoms with van der Waals surface area (Å²) in [6.45, 7) is 0.108. The molecule has 3 aromatic carbocycles. The average molecular weight is 546 g/mol. The van der Waals surface area contributed by atoms with Gasteiger partial charge in [0.1, 0.15) is 30.3 Å². The molecule has 2 aliphatic rings. The fraction of sp³-hybridized carbons (Fsp3) is 0.185. The molecular formula is C27H19Cl3O6. The first-order chi connectivity index (χ1) is 17.4. The Morgan fingerprint density at radius 1 is 0.944 bits per heavy atom. The summed E-state index contributed by atoms with van der Waals surface area (Å²) in [5, 5.41) is 1.43.